The van der Waals surface area contributed by atoms with Crippen LogP contribution in [-0.2, 0) is 11.3 Å². The molecule has 0 radical (unpaired) electrons. The van der Waals surface area contributed by atoms with Gasteiger partial charge in [-0.2, -0.15) is 0 Å². The van der Waals surface area contributed by atoms with Gasteiger partial charge >= 0.3 is 0 Å². The Balaban J connectivity index is 1.83. The van der Waals surface area contributed by atoms with Gasteiger partial charge in [-0.3, -0.25) is 9.59 Å². The van der Waals surface area contributed by atoms with Crippen molar-refractivity contribution in [1.82, 2.24) is 4.90 Å². The van der Waals surface area contributed by atoms with Crippen LogP contribution < -0.4 is 5.32 Å². The monoisotopic (exact) mass is 414 g/mol. The molecule has 1 N–H and O–H groups in total. The Hall–Kier alpha value is -2.14. The lowest BCUT2D eigenvalue weighted by Gasteiger charge is -2.28. The SMILES string of the molecule is Cc1cc(NC(=O)[C@H](CC(C)C)N2Cc3ccccc3C2=O)ccc1Br. The van der Waals surface area contributed by atoms with Crippen LogP contribution in [0.25, 0.3) is 0 Å². The van der Waals surface area contributed by atoms with E-state index in [1.54, 1.807) is 4.90 Å². The summed E-state index contributed by atoms with van der Waals surface area (Å²) in [7, 11) is 0. The summed E-state index contributed by atoms with van der Waals surface area (Å²) in [5.41, 5.74) is 3.48. The highest BCUT2D eigenvalue weighted by Gasteiger charge is 2.36. The van der Waals surface area contributed by atoms with E-state index in [-0.39, 0.29) is 11.8 Å². The Labute approximate surface area is 162 Å². The lowest BCUT2D eigenvalue weighted by Crippen LogP contribution is -2.45. The molecule has 0 unspecified atom stereocenters. The second kappa shape index (κ2) is 7.62. The van der Waals surface area contributed by atoms with Crippen LogP contribution in [0.5, 0.6) is 0 Å². The van der Waals surface area contributed by atoms with Gasteiger partial charge < -0.3 is 10.2 Å². The van der Waals surface area contributed by atoms with Crippen molar-refractivity contribution in [2.75, 3.05) is 5.32 Å². The molecule has 2 amide bonds. The van der Waals surface area contributed by atoms with Crippen LogP contribution in [0.2, 0.25) is 0 Å². The molecule has 0 aliphatic carbocycles. The van der Waals surface area contributed by atoms with Gasteiger partial charge in [0.25, 0.3) is 5.91 Å². The molecule has 1 atom stereocenters. The predicted octanol–water partition coefficient (Wildman–Crippen LogP) is 4.77. The zero-order valence-corrected chi connectivity index (χ0v) is 16.8. The minimum absolute atomic E-state index is 0.0617. The number of anilines is 1. The minimum Gasteiger partial charge on any atom is -0.324 e. The third kappa shape index (κ3) is 3.83. The molecule has 0 bridgehead atoms. The summed E-state index contributed by atoms with van der Waals surface area (Å²) in [6, 6.07) is 12.8. The lowest BCUT2D eigenvalue weighted by atomic mass is 10.0. The van der Waals surface area contributed by atoms with E-state index in [0.29, 0.717) is 24.4 Å². The number of carbonyl (C=O) groups is 2. The molecule has 136 valence electrons. The molecule has 0 spiro atoms. The maximum Gasteiger partial charge on any atom is 0.255 e. The molecule has 1 heterocycles. The van der Waals surface area contributed by atoms with Gasteiger partial charge in [-0.05, 0) is 54.7 Å². The van der Waals surface area contributed by atoms with Crippen LogP contribution in [0, 0.1) is 12.8 Å². The van der Waals surface area contributed by atoms with Crippen molar-refractivity contribution < 1.29 is 9.59 Å². The molecule has 26 heavy (non-hydrogen) atoms. The number of nitrogens with one attached hydrogen (secondary N) is 1. The summed E-state index contributed by atoms with van der Waals surface area (Å²) in [6.07, 6.45) is 0.626. The summed E-state index contributed by atoms with van der Waals surface area (Å²) in [4.78, 5) is 27.5. The van der Waals surface area contributed by atoms with E-state index in [1.165, 1.54) is 0 Å². The van der Waals surface area contributed by atoms with Gasteiger partial charge in [0.05, 0.1) is 0 Å². The average Bonchev–Trinajstić information content (AvgIpc) is 2.93. The van der Waals surface area contributed by atoms with Gasteiger partial charge in [0, 0.05) is 22.3 Å². The number of hydrogen-bond donors (Lipinski definition) is 1. The summed E-state index contributed by atoms with van der Waals surface area (Å²) in [6.45, 7) is 6.60. The van der Waals surface area contributed by atoms with E-state index in [0.717, 1.165) is 21.3 Å². The molecule has 1 aliphatic rings. The number of hydrogen-bond acceptors (Lipinski definition) is 2. The van der Waals surface area contributed by atoms with Gasteiger partial charge in [0.1, 0.15) is 6.04 Å². The number of nitrogens with zero attached hydrogens (tertiary/aromatic N) is 1. The second-order valence-electron chi connectivity index (χ2n) is 7.19. The Morgan fingerprint density at radius 1 is 1.23 bits per heavy atom. The van der Waals surface area contributed by atoms with Gasteiger partial charge in [-0.25, -0.2) is 0 Å². The zero-order chi connectivity index (χ0) is 18.8. The molecule has 3 rings (SSSR count). The molecule has 0 aromatic heterocycles. The Bertz CT molecular complexity index is 848. The van der Waals surface area contributed by atoms with Gasteiger partial charge in [-0.1, -0.05) is 48.0 Å². The van der Waals surface area contributed by atoms with Gasteiger partial charge in [-0.15, -0.1) is 0 Å². The Kier molecular flexibility index (Phi) is 5.47. The predicted molar refractivity (Wildman–Crippen MR) is 107 cm³/mol. The highest BCUT2D eigenvalue weighted by molar-refractivity contribution is 9.10. The van der Waals surface area contributed by atoms with E-state index in [2.05, 4.69) is 35.1 Å². The first kappa shape index (κ1) is 18.6. The maximum absolute atomic E-state index is 13.0. The van der Waals surface area contributed by atoms with Crippen LogP contribution in [0.4, 0.5) is 5.69 Å². The van der Waals surface area contributed by atoms with Crippen LogP contribution in [-0.4, -0.2) is 22.8 Å². The highest BCUT2D eigenvalue weighted by atomic mass is 79.9. The maximum atomic E-state index is 13.0. The summed E-state index contributed by atoms with van der Waals surface area (Å²) in [5.74, 6) is 0.101. The fraction of sp³-hybridized carbons (Fsp3) is 0.333. The van der Waals surface area contributed by atoms with E-state index < -0.39 is 6.04 Å². The van der Waals surface area contributed by atoms with E-state index in [1.807, 2.05) is 49.4 Å². The highest BCUT2D eigenvalue weighted by Crippen LogP contribution is 2.28. The second-order valence-corrected chi connectivity index (χ2v) is 8.04. The largest absolute Gasteiger partial charge is 0.324 e. The third-order valence-corrected chi connectivity index (χ3v) is 5.54. The fourth-order valence-corrected chi connectivity index (χ4v) is 3.55. The first-order valence-corrected chi connectivity index (χ1v) is 9.62. The van der Waals surface area contributed by atoms with Crippen LogP contribution in [0.3, 0.4) is 0 Å². The zero-order valence-electron chi connectivity index (χ0n) is 15.3. The molecular weight excluding hydrogens is 392 g/mol. The van der Waals surface area contributed by atoms with Crippen molar-refractivity contribution in [2.24, 2.45) is 5.92 Å². The molecule has 1 aliphatic heterocycles. The number of fused-ring (bicyclic) bond motifs is 1. The van der Waals surface area contributed by atoms with Crippen molar-refractivity contribution in [3.05, 3.63) is 63.6 Å². The summed E-state index contributed by atoms with van der Waals surface area (Å²) < 4.78 is 0.999. The quantitative estimate of drug-likeness (QED) is 0.765. The fourth-order valence-electron chi connectivity index (χ4n) is 3.30. The molecule has 0 fully saturated rings. The van der Waals surface area contributed by atoms with Crippen molar-refractivity contribution in [1.29, 1.82) is 0 Å². The van der Waals surface area contributed by atoms with Crippen molar-refractivity contribution in [2.45, 2.75) is 39.8 Å². The number of carbonyl (C=O) groups excluding carboxylic acids is 2. The molecular formula is C21H23BrN2O2. The van der Waals surface area contributed by atoms with Crippen LogP contribution in [0.1, 0.15) is 41.8 Å². The normalized spacial score (nSPS) is 14.5. The van der Waals surface area contributed by atoms with E-state index in [4.69, 9.17) is 0 Å². The smallest absolute Gasteiger partial charge is 0.255 e. The number of benzene rings is 2. The van der Waals surface area contributed by atoms with E-state index >= 15 is 0 Å². The summed E-state index contributed by atoms with van der Waals surface area (Å²) >= 11 is 3.47. The lowest BCUT2D eigenvalue weighted by molar-refractivity contribution is -0.121. The number of amides is 2. The van der Waals surface area contributed by atoms with Crippen LogP contribution in [0.15, 0.2) is 46.9 Å². The standard InChI is InChI=1S/C21H23BrN2O2/c1-13(2)10-19(20(25)23-16-8-9-18(22)14(3)11-16)24-12-15-6-4-5-7-17(15)21(24)26/h4-9,11,13,19H,10,12H2,1-3H3,(H,23,25)/t19-/m0/s1. The average molecular weight is 415 g/mol. The molecule has 0 saturated carbocycles. The topological polar surface area (TPSA) is 49.4 Å². The molecule has 0 saturated heterocycles. The van der Waals surface area contributed by atoms with Crippen molar-refractivity contribution >= 4 is 33.4 Å². The van der Waals surface area contributed by atoms with E-state index in [9.17, 15) is 9.59 Å². The number of halogens is 1. The van der Waals surface area contributed by atoms with Crippen molar-refractivity contribution in [3.8, 4) is 0 Å². The molecule has 2 aromatic carbocycles. The minimum atomic E-state index is -0.487. The molecule has 2 aromatic rings. The first-order valence-electron chi connectivity index (χ1n) is 8.82. The Morgan fingerprint density at radius 3 is 2.62 bits per heavy atom. The number of rotatable bonds is 5. The van der Waals surface area contributed by atoms with Gasteiger partial charge in [0.2, 0.25) is 5.91 Å². The molecule has 4 nitrogen and oxygen atoms in total. The molecule has 5 heteroatoms. The Morgan fingerprint density at radius 2 is 1.96 bits per heavy atom. The van der Waals surface area contributed by atoms with Crippen LogP contribution >= 0.6 is 15.9 Å². The number of aryl methyl sites for hydroxylation is 1. The van der Waals surface area contributed by atoms with Crippen molar-refractivity contribution in [3.63, 3.8) is 0 Å². The first-order chi connectivity index (χ1) is 12.4. The third-order valence-electron chi connectivity index (χ3n) is 4.65. The van der Waals surface area contributed by atoms with Gasteiger partial charge in [0.15, 0.2) is 0 Å². The summed E-state index contributed by atoms with van der Waals surface area (Å²) in [5, 5.41) is 2.99.